The normalized spacial score (nSPS) is 30.1. The van der Waals surface area contributed by atoms with Gasteiger partial charge in [-0.05, 0) is 53.1 Å². The van der Waals surface area contributed by atoms with Gasteiger partial charge in [0.2, 0.25) is 17.7 Å². The van der Waals surface area contributed by atoms with Gasteiger partial charge in [-0.25, -0.2) is 0 Å². The molecule has 4 heterocycles. The van der Waals surface area contributed by atoms with E-state index in [4.69, 9.17) is 0 Å². The van der Waals surface area contributed by atoms with E-state index in [9.17, 15) is 19.2 Å². The van der Waals surface area contributed by atoms with E-state index in [1.165, 1.54) is 4.90 Å². The van der Waals surface area contributed by atoms with E-state index in [2.05, 4.69) is 49.2 Å². The van der Waals surface area contributed by atoms with Gasteiger partial charge in [0.25, 0.3) is 5.91 Å². The number of fused-ring (bicyclic) bond motifs is 2. The van der Waals surface area contributed by atoms with Crippen LogP contribution in [0.15, 0.2) is 12.1 Å². The Labute approximate surface area is 192 Å². The summed E-state index contributed by atoms with van der Waals surface area (Å²) in [6, 6.07) is 3.11. The molecule has 4 atom stereocenters. The molecule has 5 N–H and O–H groups in total. The van der Waals surface area contributed by atoms with Gasteiger partial charge in [-0.15, -0.1) is 0 Å². The molecule has 31 heavy (non-hydrogen) atoms. The molecule has 164 valence electrons. The van der Waals surface area contributed by atoms with Gasteiger partial charge in [0, 0.05) is 47.0 Å². The number of hydrogen-bond donors (Lipinski definition) is 5. The summed E-state index contributed by atoms with van der Waals surface area (Å²) in [5.74, 6) is -1.24. The van der Waals surface area contributed by atoms with Crippen molar-refractivity contribution in [3.05, 3.63) is 26.8 Å². The Bertz CT molecular complexity index is 985. The van der Waals surface area contributed by atoms with Gasteiger partial charge in [0.05, 0.1) is 12.1 Å². The molecule has 0 spiro atoms. The Kier molecular flexibility index (Phi) is 5.44. The van der Waals surface area contributed by atoms with Crippen LogP contribution in [0.25, 0.3) is 0 Å². The summed E-state index contributed by atoms with van der Waals surface area (Å²) in [5, 5.41) is 15.3. The fourth-order valence-electron chi connectivity index (χ4n) is 4.79. The van der Waals surface area contributed by atoms with Crippen molar-refractivity contribution in [2.24, 2.45) is 5.92 Å². The first-order valence-electron chi connectivity index (χ1n) is 10.4. The maximum Gasteiger partial charge on any atom is 0.255 e. The summed E-state index contributed by atoms with van der Waals surface area (Å²) in [4.78, 5) is 51.1. The highest BCUT2D eigenvalue weighted by Crippen LogP contribution is 2.33. The number of hydrogen-bond acceptors (Lipinski definition) is 7. The van der Waals surface area contributed by atoms with Gasteiger partial charge >= 0.3 is 0 Å². The second kappa shape index (κ2) is 8.11. The number of benzene rings is 1. The third-order valence-electron chi connectivity index (χ3n) is 6.45. The molecule has 4 amide bonds. The Morgan fingerprint density at radius 3 is 2.81 bits per heavy atom. The van der Waals surface area contributed by atoms with E-state index in [1.54, 1.807) is 6.07 Å². The minimum Gasteiger partial charge on any atom is -0.326 e. The maximum atomic E-state index is 13.1. The lowest BCUT2D eigenvalue weighted by molar-refractivity contribution is -0.137. The molecule has 4 aliphatic heterocycles. The summed E-state index contributed by atoms with van der Waals surface area (Å²) in [5.41, 5.74) is 1.92. The van der Waals surface area contributed by atoms with Crippen molar-refractivity contribution in [1.29, 1.82) is 0 Å². The lowest BCUT2D eigenvalue weighted by atomic mass is 9.93. The monoisotopic (exact) mass is 538 g/mol. The van der Waals surface area contributed by atoms with Crippen LogP contribution in [0.5, 0.6) is 0 Å². The molecular formula is C20H23IN6O4. The highest BCUT2D eigenvalue weighted by Gasteiger charge is 2.40. The van der Waals surface area contributed by atoms with Crippen LogP contribution in [0.1, 0.15) is 35.2 Å². The predicted octanol–water partition coefficient (Wildman–Crippen LogP) is -0.555. The molecule has 1 aromatic rings. The van der Waals surface area contributed by atoms with Gasteiger partial charge in [-0.1, -0.05) is 0 Å². The zero-order valence-corrected chi connectivity index (χ0v) is 18.8. The predicted molar refractivity (Wildman–Crippen MR) is 119 cm³/mol. The summed E-state index contributed by atoms with van der Waals surface area (Å²) in [7, 11) is 0. The van der Waals surface area contributed by atoms with Crippen LogP contribution in [0.3, 0.4) is 0 Å². The second-order valence-corrected chi connectivity index (χ2v) is 9.55. The van der Waals surface area contributed by atoms with Crippen LogP contribution in [0, 0.1) is 9.49 Å². The van der Waals surface area contributed by atoms with Crippen molar-refractivity contribution in [3.8, 4) is 0 Å². The average molecular weight is 538 g/mol. The molecule has 0 aromatic heterocycles. The van der Waals surface area contributed by atoms with Crippen LogP contribution in [0.4, 0.5) is 5.69 Å². The molecule has 0 bridgehead atoms. The number of nitrogens with zero attached hydrogens (tertiary/aromatic N) is 1. The number of rotatable bonds is 3. The number of piperidine rings is 2. The quantitative estimate of drug-likeness (QED) is 0.258. The highest BCUT2D eigenvalue weighted by molar-refractivity contribution is 14.1. The first-order chi connectivity index (χ1) is 14.9. The first kappa shape index (κ1) is 20.8. The summed E-state index contributed by atoms with van der Waals surface area (Å²) < 4.78 is 0.858. The molecule has 4 aliphatic rings. The van der Waals surface area contributed by atoms with Gasteiger partial charge in [-0.3, -0.25) is 40.4 Å². The third-order valence-corrected chi connectivity index (χ3v) is 7.41. The van der Waals surface area contributed by atoms with Crippen molar-refractivity contribution in [2.75, 3.05) is 18.5 Å². The maximum absolute atomic E-state index is 13.1. The van der Waals surface area contributed by atoms with Crippen LogP contribution in [-0.4, -0.2) is 60.0 Å². The van der Waals surface area contributed by atoms with Gasteiger partial charge in [0.1, 0.15) is 6.04 Å². The van der Waals surface area contributed by atoms with E-state index in [1.807, 2.05) is 6.07 Å². The Balaban J connectivity index is 1.30. The molecular weight excluding hydrogens is 515 g/mol. The number of halogens is 1. The lowest BCUT2D eigenvalue weighted by Gasteiger charge is -2.31. The van der Waals surface area contributed by atoms with Gasteiger partial charge < -0.3 is 10.2 Å². The smallest absolute Gasteiger partial charge is 0.255 e. The standard InChI is InChI=1S/C20H23IN6O4/c21-13-5-10(25-18(29)9-3-14-17(22-6-9)24-8-23-14)4-11-12(13)7-27(20(11)31)15-1-2-16(28)26-19(15)30/h4-5,9,14-15,17,22-24H,1-3,6-8H2,(H,25,29)(H,26,28,30). The van der Waals surface area contributed by atoms with E-state index in [0.29, 0.717) is 30.8 Å². The van der Waals surface area contributed by atoms with E-state index < -0.39 is 11.9 Å². The molecule has 1 aromatic carbocycles. The van der Waals surface area contributed by atoms with Crippen molar-refractivity contribution >= 4 is 51.9 Å². The largest absolute Gasteiger partial charge is 0.326 e. The topological polar surface area (TPSA) is 132 Å². The summed E-state index contributed by atoms with van der Waals surface area (Å²) in [6.07, 6.45) is 1.47. The lowest BCUT2D eigenvalue weighted by Crippen LogP contribution is -2.55. The molecule has 10 nitrogen and oxygen atoms in total. The number of carbonyl (C=O) groups excluding carboxylic acids is 4. The molecule has 0 aliphatic carbocycles. The zero-order chi connectivity index (χ0) is 21.7. The van der Waals surface area contributed by atoms with Crippen molar-refractivity contribution in [1.82, 2.24) is 26.2 Å². The summed E-state index contributed by atoms with van der Waals surface area (Å²) >= 11 is 2.16. The van der Waals surface area contributed by atoms with Crippen molar-refractivity contribution in [3.63, 3.8) is 0 Å². The SMILES string of the molecule is O=C1CCC(N2Cc3c(I)cc(NC(=O)C4CNC5NCNC5C4)cc3C2=O)C(=O)N1. The van der Waals surface area contributed by atoms with Crippen molar-refractivity contribution < 1.29 is 19.2 Å². The van der Waals surface area contributed by atoms with Crippen LogP contribution in [0.2, 0.25) is 0 Å². The fourth-order valence-corrected chi connectivity index (χ4v) is 5.58. The molecule has 0 radical (unpaired) electrons. The van der Waals surface area contributed by atoms with Crippen LogP contribution in [-0.2, 0) is 20.9 Å². The second-order valence-electron chi connectivity index (χ2n) is 8.38. The first-order valence-corrected chi connectivity index (χ1v) is 11.5. The minimum atomic E-state index is -0.653. The molecule has 3 saturated heterocycles. The molecule has 0 saturated carbocycles. The van der Waals surface area contributed by atoms with Crippen LogP contribution >= 0.6 is 22.6 Å². The molecule has 11 heteroatoms. The van der Waals surface area contributed by atoms with Crippen LogP contribution < -0.4 is 26.6 Å². The van der Waals surface area contributed by atoms with Gasteiger partial charge in [-0.2, -0.15) is 0 Å². The third kappa shape index (κ3) is 3.83. The summed E-state index contributed by atoms with van der Waals surface area (Å²) in [6.45, 7) is 1.64. The zero-order valence-electron chi connectivity index (χ0n) is 16.7. The number of anilines is 1. The minimum absolute atomic E-state index is 0.0807. The van der Waals surface area contributed by atoms with Crippen molar-refractivity contribution in [2.45, 2.75) is 44.1 Å². The number of carbonyl (C=O) groups is 4. The molecule has 3 fully saturated rings. The Morgan fingerprint density at radius 2 is 2.00 bits per heavy atom. The number of imide groups is 1. The Hall–Kier alpha value is -2.09. The number of nitrogens with one attached hydrogen (secondary N) is 5. The van der Waals surface area contributed by atoms with E-state index in [0.717, 1.165) is 22.2 Å². The Morgan fingerprint density at radius 1 is 1.16 bits per heavy atom. The van der Waals surface area contributed by atoms with E-state index >= 15 is 0 Å². The molecule has 4 unspecified atom stereocenters. The fraction of sp³-hybridized carbons (Fsp3) is 0.500. The highest BCUT2D eigenvalue weighted by atomic mass is 127. The number of amides is 4. The van der Waals surface area contributed by atoms with Gasteiger partial charge in [0.15, 0.2) is 0 Å². The molecule has 5 rings (SSSR count). The van der Waals surface area contributed by atoms with E-state index in [-0.39, 0.29) is 42.3 Å². The average Bonchev–Trinajstić information content (AvgIpc) is 3.33.